The maximum Gasteiger partial charge on any atom is 0.310 e. The van der Waals surface area contributed by atoms with Gasteiger partial charge in [-0.25, -0.2) is 4.39 Å². The van der Waals surface area contributed by atoms with Gasteiger partial charge in [-0.15, -0.1) is 0 Å². The smallest absolute Gasteiger partial charge is 0.310 e. The third-order valence-corrected chi connectivity index (χ3v) is 5.80. The van der Waals surface area contributed by atoms with Gasteiger partial charge in [-0.2, -0.15) is 0 Å². The number of carbonyl (C=O) groups is 1. The van der Waals surface area contributed by atoms with E-state index in [0.29, 0.717) is 24.0 Å². The fourth-order valence-electron chi connectivity index (χ4n) is 3.53. The predicted octanol–water partition coefficient (Wildman–Crippen LogP) is 5.35. The number of ether oxygens (including phenoxy) is 2. The van der Waals surface area contributed by atoms with Gasteiger partial charge in [0.25, 0.3) is 0 Å². The van der Waals surface area contributed by atoms with E-state index in [1.165, 1.54) is 25.0 Å². The van der Waals surface area contributed by atoms with Gasteiger partial charge < -0.3 is 14.3 Å². The van der Waals surface area contributed by atoms with E-state index < -0.39 is 0 Å². The van der Waals surface area contributed by atoms with Crippen molar-refractivity contribution in [3.05, 3.63) is 59.9 Å². The van der Waals surface area contributed by atoms with Crippen LogP contribution in [-0.2, 0) is 21.0 Å². The van der Waals surface area contributed by atoms with E-state index >= 15 is 0 Å². The van der Waals surface area contributed by atoms with Crippen LogP contribution in [0, 0.1) is 29.0 Å². The lowest BCUT2D eigenvalue weighted by Gasteiger charge is -2.09. The summed E-state index contributed by atoms with van der Waals surface area (Å²) < 4.78 is 24.3. The zero-order chi connectivity index (χ0) is 21.1. The second-order valence-electron chi connectivity index (χ2n) is 8.63. The number of rotatable bonds is 9. The lowest BCUT2D eigenvalue weighted by molar-refractivity contribution is -0.147. The number of benzene rings is 2. The van der Waals surface area contributed by atoms with Crippen molar-refractivity contribution in [1.29, 1.82) is 0 Å². The Balaban J connectivity index is 1.28. The first kappa shape index (κ1) is 20.4. The molecule has 2 aliphatic rings. The molecule has 2 saturated carbocycles. The van der Waals surface area contributed by atoms with Gasteiger partial charge in [0.15, 0.2) is 0 Å². The maximum atomic E-state index is 13.0. The summed E-state index contributed by atoms with van der Waals surface area (Å²) in [6.45, 7) is 4.89. The molecule has 0 heterocycles. The average Bonchev–Trinajstić information content (AvgIpc) is 3.63. The van der Waals surface area contributed by atoms with Crippen molar-refractivity contribution < 1.29 is 23.5 Å². The van der Waals surface area contributed by atoms with Crippen LogP contribution < -0.4 is 4.74 Å². The summed E-state index contributed by atoms with van der Waals surface area (Å²) in [6, 6.07) is 13.1. The lowest BCUT2D eigenvalue weighted by atomic mass is 10.1. The molecule has 2 aromatic rings. The molecule has 0 bridgehead atoms. The first-order valence-corrected chi connectivity index (χ1v) is 10.3. The summed E-state index contributed by atoms with van der Waals surface area (Å²) in [4.78, 5) is 17.9. The van der Waals surface area contributed by atoms with Crippen LogP contribution in [0.3, 0.4) is 0 Å². The fraction of sp³-hybridized carbons (Fsp3) is 0.417. The first-order valence-electron chi connectivity index (χ1n) is 10.3. The molecule has 5 nitrogen and oxygen atoms in total. The number of oxime groups is 1. The van der Waals surface area contributed by atoms with E-state index in [2.05, 4.69) is 5.16 Å². The molecule has 0 spiro atoms. The summed E-state index contributed by atoms with van der Waals surface area (Å²) >= 11 is 0. The van der Waals surface area contributed by atoms with Gasteiger partial charge in [0, 0.05) is 12.1 Å². The second kappa shape index (κ2) is 8.46. The Bertz CT molecular complexity index is 921. The number of carbonyl (C=O) groups excluding carboxylic acids is 1. The van der Waals surface area contributed by atoms with Crippen LogP contribution in [0.4, 0.5) is 4.39 Å². The molecule has 0 unspecified atom stereocenters. The Morgan fingerprint density at radius 3 is 2.67 bits per heavy atom. The molecule has 0 N–H and O–H groups in total. The van der Waals surface area contributed by atoms with Crippen molar-refractivity contribution in [2.24, 2.45) is 28.3 Å². The van der Waals surface area contributed by atoms with E-state index in [4.69, 9.17) is 14.3 Å². The lowest BCUT2D eigenvalue weighted by Crippen LogP contribution is -2.10. The summed E-state index contributed by atoms with van der Waals surface area (Å²) in [7, 11) is 0. The third-order valence-electron chi connectivity index (χ3n) is 5.80. The summed E-state index contributed by atoms with van der Waals surface area (Å²) in [5, 5.41) is 4.04. The van der Waals surface area contributed by atoms with Gasteiger partial charge in [-0.3, -0.25) is 4.79 Å². The Morgan fingerprint density at radius 1 is 1.17 bits per heavy atom. The van der Waals surface area contributed by atoms with Crippen molar-refractivity contribution in [3.8, 4) is 11.5 Å². The van der Waals surface area contributed by atoms with E-state index in [0.717, 1.165) is 5.56 Å². The highest BCUT2D eigenvalue weighted by molar-refractivity contribution is 5.85. The van der Waals surface area contributed by atoms with Crippen molar-refractivity contribution >= 4 is 12.2 Å². The molecule has 2 atom stereocenters. The van der Waals surface area contributed by atoms with Crippen molar-refractivity contribution in [1.82, 2.24) is 0 Å². The molecule has 2 fully saturated rings. The monoisotopic (exact) mass is 411 g/mol. The third kappa shape index (κ3) is 4.99. The molecule has 2 aliphatic carbocycles. The van der Waals surface area contributed by atoms with E-state index in [1.807, 2.05) is 26.0 Å². The largest absolute Gasteiger partial charge is 0.461 e. The van der Waals surface area contributed by atoms with E-state index in [9.17, 15) is 9.18 Å². The average molecular weight is 411 g/mol. The maximum absolute atomic E-state index is 13.0. The van der Waals surface area contributed by atoms with Gasteiger partial charge >= 0.3 is 5.97 Å². The minimum atomic E-state index is -0.316. The number of hydrogen-bond acceptors (Lipinski definition) is 5. The topological polar surface area (TPSA) is 57.1 Å². The highest BCUT2D eigenvalue weighted by atomic mass is 19.1. The van der Waals surface area contributed by atoms with Gasteiger partial charge in [-0.05, 0) is 66.1 Å². The van der Waals surface area contributed by atoms with Crippen LogP contribution >= 0.6 is 0 Å². The summed E-state index contributed by atoms with van der Waals surface area (Å²) in [5.74, 6) is 1.04. The van der Waals surface area contributed by atoms with Crippen LogP contribution in [0.1, 0.15) is 32.3 Å². The molecule has 0 aromatic heterocycles. The number of esters is 1. The zero-order valence-electron chi connectivity index (χ0n) is 17.2. The fourth-order valence-corrected chi connectivity index (χ4v) is 3.53. The van der Waals surface area contributed by atoms with Gasteiger partial charge in [0.2, 0.25) is 0 Å². The number of hydrogen-bond donors (Lipinski definition) is 0. The number of halogens is 1. The second-order valence-corrected chi connectivity index (χ2v) is 8.63. The Hall–Kier alpha value is -2.89. The molecule has 0 saturated heterocycles. The molecular weight excluding hydrogens is 385 g/mol. The van der Waals surface area contributed by atoms with Crippen LogP contribution in [0.5, 0.6) is 11.5 Å². The van der Waals surface area contributed by atoms with Gasteiger partial charge in [0.05, 0.1) is 5.92 Å². The van der Waals surface area contributed by atoms with Crippen molar-refractivity contribution in [3.63, 3.8) is 0 Å². The molecule has 0 radical (unpaired) electrons. The standard InChI is InChI=1S/C24H26FNO4/c1-24(2)21(13-26-29-15-16-6-7-16)22(24)23(27)28-14-17-4-3-5-20(12-17)30-19-10-8-18(25)9-11-19/h3-5,8-13,16,21-22H,6-7,14-15H2,1-2H3/t21-,22-/m0/s1. The minimum Gasteiger partial charge on any atom is -0.461 e. The van der Waals surface area contributed by atoms with Gasteiger partial charge in [-0.1, -0.05) is 31.1 Å². The Kier molecular flexibility index (Phi) is 5.75. The molecule has 158 valence electrons. The SMILES string of the molecule is CC1(C)[C@H](C(=O)OCc2cccc(Oc3ccc(F)cc3)c2)[C@@H]1C=NOCC1CC1. The number of nitrogens with zero attached hydrogens (tertiary/aromatic N) is 1. The van der Waals surface area contributed by atoms with Crippen LogP contribution in [0.25, 0.3) is 0 Å². The Labute approximate surface area is 175 Å². The van der Waals surface area contributed by atoms with E-state index in [1.54, 1.807) is 30.5 Å². The molecule has 2 aromatic carbocycles. The van der Waals surface area contributed by atoms with Crippen molar-refractivity contribution in [2.75, 3.05) is 6.61 Å². The molecule has 4 rings (SSSR count). The molecule has 0 amide bonds. The summed E-state index contributed by atoms with van der Waals surface area (Å²) in [5.41, 5.74) is 0.635. The molecular formula is C24H26FNO4. The molecule has 6 heteroatoms. The summed E-state index contributed by atoms with van der Waals surface area (Å²) in [6.07, 6.45) is 4.18. The highest BCUT2D eigenvalue weighted by Crippen LogP contribution is 2.57. The minimum absolute atomic E-state index is 0.0253. The van der Waals surface area contributed by atoms with Crippen LogP contribution in [-0.4, -0.2) is 18.8 Å². The highest BCUT2D eigenvalue weighted by Gasteiger charge is 2.62. The predicted molar refractivity (Wildman–Crippen MR) is 111 cm³/mol. The van der Waals surface area contributed by atoms with Crippen molar-refractivity contribution in [2.45, 2.75) is 33.3 Å². The Morgan fingerprint density at radius 2 is 1.93 bits per heavy atom. The normalized spacial score (nSPS) is 22.0. The van der Waals surface area contributed by atoms with Crippen LogP contribution in [0.15, 0.2) is 53.7 Å². The van der Waals surface area contributed by atoms with Gasteiger partial charge in [0.1, 0.15) is 30.5 Å². The molecule has 30 heavy (non-hydrogen) atoms. The first-order chi connectivity index (χ1) is 14.4. The van der Waals surface area contributed by atoms with E-state index in [-0.39, 0.29) is 35.6 Å². The molecule has 0 aliphatic heterocycles. The quantitative estimate of drug-likeness (QED) is 0.317. The van der Waals surface area contributed by atoms with Crippen LogP contribution in [0.2, 0.25) is 0 Å². The zero-order valence-corrected chi connectivity index (χ0v) is 17.2.